The van der Waals surface area contributed by atoms with Gasteiger partial charge < -0.3 is 14.2 Å². The van der Waals surface area contributed by atoms with E-state index in [1.807, 2.05) is 25.1 Å². The number of allylic oxidation sites excluding steroid dienone is 1. The van der Waals surface area contributed by atoms with E-state index < -0.39 is 10.1 Å². The summed E-state index contributed by atoms with van der Waals surface area (Å²) in [5.74, 6) is 2.03. The number of methoxy groups -OCH3 is 2. The molecule has 0 aliphatic carbocycles. The Morgan fingerprint density at radius 2 is 1.62 bits per heavy atom. The Balaban J connectivity index is 1.72. The quantitative estimate of drug-likeness (QED) is 0.511. The molecule has 1 aliphatic rings. The van der Waals surface area contributed by atoms with Gasteiger partial charge in [0.05, 0.1) is 19.8 Å². The van der Waals surface area contributed by atoms with Crippen molar-refractivity contribution in [3.63, 3.8) is 0 Å². The SMILES string of the molecule is COc1ccc(/C=C2/Oc3ccccc3/C2=N\OS(=O)(=O)c2ccc(C)cc2)cc1OC. The molecule has 0 amide bonds. The first-order valence-electron chi connectivity index (χ1n) is 9.71. The lowest BCUT2D eigenvalue weighted by Crippen LogP contribution is -2.07. The van der Waals surface area contributed by atoms with Gasteiger partial charge in [-0.1, -0.05) is 41.1 Å². The van der Waals surface area contributed by atoms with E-state index in [1.165, 1.54) is 12.1 Å². The Morgan fingerprint density at radius 1 is 0.906 bits per heavy atom. The molecule has 3 aromatic rings. The van der Waals surface area contributed by atoms with Crippen molar-refractivity contribution in [2.75, 3.05) is 14.2 Å². The minimum absolute atomic E-state index is 0.0186. The molecule has 164 valence electrons. The van der Waals surface area contributed by atoms with Gasteiger partial charge in [0.1, 0.15) is 10.6 Å². The molecule has 0 atom stereocenters. The maximum atomic E-state index is 12.6. The summed E-state index contributed by atoms with van der Waals surface area (Å²) in [6.07, 6.45) is 1.72. The summed E-state index contributed by atoms with van der Waals surface area (Å²) in [6, 6.07) is 18.9. The van der Waals surface area contributed by atoms with Crippen LogP contribution in [0, 0.1) is 6.92 Å². The van der Waals surface area contributed by atoms with E-state index in [0.29, 0.717) is 28.6 Å². The lowest BCUT2D eigenvalue weighted by Gasteiger charge is -2.08. The average molecular weight is 452 g/mol. The Hall–Kier alpha value is -3.78. The summed E-state index contributed by atoms with van der Waals surface area (Å²) in [4.78, 5) is 0.0186. The summed E-state index contributed by atoms with van der Waals surface area (Å²) < 4.78 is 46.8. The van der Waals surface area contributed by atoms with E-state index in [9.17, 15) is 8.42 Å². The lowest BCUT2D eigenvalue weighted by atomic mass is 10.1. The van der Waals surface area contributed by atoms with E-state index in [1.54, 1.807) is 56.7 Å². The number of hydrogen-bond acceptors (Lipinski definition) is 7. The topological polar surface area (TPSA) is 83.4 Å². The zero-order chi connectivity index (χ0) is 22.7. The van der Waals surface area contributed by atoms with Gasteiger partial charge in [-0.05, 0) is 55.0 Å². The van der Waals surface area contributed by atoms with Gasteiger partial charge in [-0.3, -0.25) is 4.28 Å². The third-order valence-corrected chi connectivity index (χ3v) is 5.96. The normalized spacial score (nSPS) is 15.3. The van der Waals surface area contributed by atoms with Crippen LogP contribution in [-0.2, 0) is 14.4 Å². The molecule has 7 nitrogen and oxygen atoms in total. The number of ether oxygens (including phenoxy) is 3. The molecular formula is C24H21NO6S. The van der Waals surface area contributed by atoms with Gasteiger partial charge in [0.25, 0.3) is 0 Å². The highest BCUT2D eigenvalue weighted by atomic mass is 32.2. The van der Waals surface area contributed by atoms with Crippen LogP contribution < -0.4 is 14.2 Å². The highest BCUT2D eigenvalue weighted by molar-refractivity contribution is 7.86. The zero-order valence-corrected chi connectivity index (χ0v) is 18.5. The molecule has 0 saturated carbocycles. The first-order valence-corrected chi connectivity index (χ1v) is 11.1. The molecule has 8 heteroatoms. The van der Waals surface area contributed by atoms with E-state index in [0.717, 1.165) is 11.1 Å². The summed E-state index contributed by atoms with van der Waals surface area (Å²) in [5.41, 5.74) is 2.58. The van der Waals surface area contributed by atoms with Crippen LogP contribution >= 0.6 is 0 Å². The number of fused-ring (bicyclic) bond motifs is 1. The number of nitrogens with zero attached hydrogens (tertiary/aromatic N) is 1. The molecule has 1 heterocycles. The molecule has 32 heavy (non-hydrogen) atoms. The predicted octanol–water partition coefficient (Wildman–Crippen LogP) is 4.56. The van der Waals surface area contributed by atoms with Crippen LogP contribution in [0.25, 0.3) is 6.08 Å². The van der Waals surface area contributed by atoms with Crippen molar-refractivity contribution in [2.45, 2.75) is 11.8 Å². The van der Waals surface area contributed by atoms with Crippen LogP contribution in [-0.4, -0.2) is 28.3 Å². The fourth-order valence-corrected chi connectivity index (χ4v) is 3.90. The van der Waals surface area contributed by atoms with Crippen LogP contribution in [0.15, 0.2) is 82.5 Å². The number of hydrogen-bond donors (Lipinski definition) is 0. The molecule has 0 saturated heterocycles. The Morgan fingerprint density at radius 3 is 2.34 bits per heavy atom. The molecule has 4 rings (SSSR count). The van der Waals surface area contributed by atoms with Crippen molar-refractivity contribution in [1.82, 2.24) is 0 Å². The van der Waals surface area contributed by atoms with Crippen LogP contribution in [0.5, 0.6) is 17.2 Å². The zero-order valence-electron chi connectivity index (χ0n) is 17.7. The molecule has 0 aromatic heterocycles. The number of rotatable bonds is 6. The van der Waals surface area contributed by atoms with Crippen LogP contribution in [0.1, 0.15) is 16.7 Å². The minimum atomic E-state index is -4.09. The van der Waals surface area contributed by atoms with Gasteiger partial charge in [0, 0.05) is 0 Å². The second kappa shape index (κ2) is 8.76. The van der Waals surface area contributed by atoms with E-state index >= 15 is 0 Å². The predicted molar refractivity (Wildman–Crippen MR) is 121 cm³/mol. The third-order valence-electron chi connectivity index (χ3n) is 4.84. The fourth-order valence-electron chi connectivity index (χ4n) is 3.17. The molecule has 0 radical (unpaired) electrons. The first kappa shape index (κ1) is 21.5. The standard InChI is InChI=1S/C24H21NO6S/c1-16-8-11-18(12-9-16)32(26,27)31-25-24-19-6-4-5-7-20(19)30-23(24)15-17-10-13-21(28-2)22(14-17)29-3/h4-15H,1-3H3/b23-15+,25-24+. The summed E-state index contributed by atoms with van der Waals surface area (Å²) in [6.45, 7) is 1.87. The van der Waals surface area contributed by atoms with Gasteiger partial charge in [-0.15, -0.1) is 0 Å². The molecule has 0 N–H and O–H groups in total. The second-order valence-corrected chi connectivity index (χ2v) is 8.53. The largest absolute Gasteiger partial charge is 0.493 e. The molecule has 3 aromatic carbocycles. The van der Waals surface area contributed by atoms with E-state index in [-0.39, 0.29) is 10.6 Å². The van der Waals surface area contributed by atoms with Crippen molar-refractivity contribution in [1.29, 1.82) is 0 Å². The van der Waals surface area contributed by atoms with Crippen molar-refractivity contribution >= 4 is 21.9 Å². The second-order valence-electron chi connectivity index (χ2n) is 7.00. The molecule has 0 fully saturated rings. The van der Waals surface area contributed by atoms with Crippen LogP contribution in [0.4, 0.5) is 0 Å². The smallest absolute Gasteiger partial charge is 0.358 e. The summed E-state index contributed by atoms with van der Waals surface area (Å²) in [7, 11) is -0.982. The first-order chi connectivity index (χ1) is 15.4. The number of oxime groups is 1. The fraction of sp³-hybridized carbons (Fsp3) is 0.125. The number of para-hydroxylation sites is 1. The van der Waals surface area contributed by atoms with Crippen LogP contribution in [0.3, 0.4) is 0 Å². The van der Waals surface area contributed by atoms with Crippen molar-refractivity contribution in [3.05, 3.63) is 89.2 Å². The third kappa shape index (κ3) is 4.31. The van der Waals surface area contributed by atoms with Crippen LogP contribution in [0.2, 0.25) is 0 Å². The maximum Gasteiger partial charge on any atom is 0.358 e. The maximum absolute atomic E-state index is 12.6. The highest BCUT2D eigenvalue weighted by Crippen LogP contribution is 2.34. The van der Waals surface area contributed by atoms with Crippen molar-refractivity contribution in [2.24, 2.45) is 5.16 Å². The average Bonchev–Trinajstić information content (AvgIpc) is 3.14. The molecule has 1 aliphatic heterocycles. The van der Waals surface area contributed by atoms with Crippen molar-refractivity contribution < 1.29 is 26.9 Å². The Kier molecular flexibility index (Phi) is 5.87. The number of aryl methyl sites for hydroxylation is 1. The van der Waals surface area contributed by atoms with E-state index in [2.05, 4.69) is 5.16 Å². The highest BCUT2D eigenvalue weighted by Gasteiger charge is 2.27. The molecular weight excluding hydrogens is 430 g/mol. The summed E-state index contributed by atoms with van der Waals surface area (Å²) in [5, 5.41) is 3.97. The monoisotopic (exact) mass is 451 g/mol. The minimum Gasteiger partial charge on any atom is -0.493 e. The number of benzene rings is 3. The molecule has 0 spiro atoms. The van der Waals surface area contributed by atoms with Gasteiger partial charge >= 0.3 is 10.1 Å². The Labute approximate surface area is 186 Å². The van der Waals surface area contributed by atoms with Gasteiger partial charge in [-0.25, -0.2) is 0 Å². The molecule has 0 unspecified atom stereocenters. The van der Waals surface area contributed by atoms with Gasteiger partial charge in [0.15, 0.2) is 23.0 Å². The molecule has 0 bridgehead atoms. The van der Waals surface area contributed by atoms with E-state index in [4.69, 9.17) is 18.5 Å². The van der Waals surface area contributed by atoms with Gasteiger partial charge in [-0.2, -0.15) is 8.42 Å². The van der Waals surface area contributed by atoms with Gasteiger partial charge in [0.2, 0.25) is 0 Å². The lowest BCUT2D eigenvalue weighted by molar-refractivity contribution is 0.338. The summed E-state index contributed by atoms with van der Waals surface area (Å²) >= 11 is 0. The van der Waals surface area contributed by atoms with Crippen molar-refractivity contribution in [3.8, 4) is 17.2 Å². The Bertz CT molecular complexity index is 1310.